The van der Waals surface area contributed by atoms with Crippen molar-refractivity contribution in [2.24, 2.45) is 0 Å². The lowest BCUT2D eigenvalue weighted by Crippen LogP contribution is -2.06. The number of hydrogen-bond acceptors (Lipinski definition) is 3. The van der Waals surface area contributed by atoms with Crippen molar-refractivity contribution in [3.8, 4) is 6.26 Å². The molecule has 3 nitrogen and oxygen atoms in total. The normalized spacial score (nSPS) is 9.14. The molecule has 0 aromatic heterocycles. The molecular formula is C26H58N2O. The van der Waals surface area contributed by atoms with Gasteiger partial charge in [0.05, 0.1) is 0 Å². The number of nitriles is 1. The third-order valence-electron chi connectivity index (χ3n) is 4.69. The highest BCUT2D eigenvalue weighted by Crippen LogP contribution is 2.04. The zero-order valence-corrected chi connectivity index (χ0v) is 21.3. The van der Waals surface area contributed by atoms with Gasteiger partial charge in [-0.3, -0.25) is 0 Å². The molecule has 0 atom stereocenters. The van der Waals surface area contributed by atoms with Gasteiger partial charge < -0.3 is 10.4 Å². The fourth-order valence-corrected chi connectivity index (χ4v) is 2.79. The zero-order chi connectivity index (χ0) is 22.8. The molecule has 3 heteroatoms. The zero-order valence-electron chi connectivity index (χ0n) is 21.3. The summed E-state index contributed by atoms with van der Waals surface area (Å²) < 4.78 is 0. The SMILES string of the molecule is CCCCCCCC.CCCCCCCC.CCCCCCCCNC.N#CO. The highest BCUT2D eigenvalue weighted by molar-refractivity contribution is 4.45. The van der Waals surface area contributed by atoms with Gasteiger partial charge >= 0.3 is 0 Å². The van der Waals surface area contributed by atoms with Crippen LogP contribution in [0.4, 0.5) is 0 Å². The van der Waals surface area contributed by atoms with Crippen LogP contribution in [-0.2, 0) is 0 Å². The first kappa shape index (κ1) is 35.7. The van der Waals surface area contributed by atoms with E-state index in [-0.39, 0.29) is 0 Å². The molecule has 2 N–H and O–H groups in total. The van der Waals surface area contributed by atoms with Crippen LogP contribution in [0.2, 0.25) is 0 Å². The number of rotatable bonds is 17. The standard InChI is InChI=1S/C9H21N.2C8H18.CHNO/c1-3-4-5-6-7-8-9-10-2;2*1-3-5-7-8-6-4-2;2-1-3/h10H,3-9H2,1-2H3;2*3-8H2,1-2H3;3H. The first-order chi connectivity index (χ1) is 14.2. The van der Waals surface area contributed by atoms with E-state index in [2.05, 4.69) is 39.9 Å². The first-order valence-electron chi connectivity index (χ1n) is 12.8. The fraction of sp³-hybridized carbons (Fsp3) is 0.962. The molecule has 0 aliphatic rings. The molecule has 0 fully saturated rings. The van der Waals surface area contributed by atoms with E-state index in [1.807, 2.05) is 7.05 Å². The van der Waals surface area contributed by atoms with Gasteiger partial charge in [0.15, 0.2) is 0 Å². The Morgan fingerprint density at radius 3 is 0.931 bits per heavy atom. The summed E-state index contributed by atoms with van der Waals surface area (Å²) in [5.41, 5.74) is 0. The number of aliphatic hydroxyl groups excluding tert-OH is 1. The topological polar surface area (TPSA) is 56.0 Å². The Bertz CT molecular complexity index is 220. The minimum Gasteiger partial charge on any atom is -0.443 e. The van der Waals surface area contributed by atoms with E-state index in [1.54, 1.807) is 0 Å². The summed E-state index contributed by atoms with van der Waals surface area (Å²) in [6.07, 6.45) is 26.1. The van der Waals surface area contributed by atoms with Crippen molar-refractivity contribution in [3.63, 3.8) is 0 Å². The van der Waals surface area contributed by atoms with Gasteiger partial charge in [0.1, 0.15) is 0 Å². The van der Waals surface area contributed by atoms with E-state index in [4.69, 9.17) is 10.4 Å². The van der Waals surface area contributed by atoms with E-state index < -0.39 is 0 Å². The monoisotopic (exact) mass is 414 g/mol. The lowest BCUT2D eigenvalue weighted by atomic mass is 10.1. The summed E-state index contributed by atoms with van der Waals surface area (Å²) in [7, 11) is 2.02. The molecule has 0 saturated heterocycles. The van der Waals surface area contributed by atoms with Crippen LogP contribution < -0.4 is 5.32 Å². The molecule has 0 unspecified atom stereocenters. The van der Waals surface area contributed by atoms with Crippen LogP contribution in [0.5, 0.6) is 0 Å². The number of hydrogen-bond donors (Lipinski definition) is 2. The average Bonchev–Trinajstić information content (AvgIpc) is 2.73. The summed E-state index contributed by atoms with van der Waals surface area (Å²) in [5.74, 6) is 0. The van der Waals surface area contributed by atoms with Crippen LogP contribution >= 0.6 is 0 Å². The van der Waals surface area contributed by atoms with Crippen LogP contribution in [0.1, 0.15) is 150 Å². The van der Waals surface area contributed by atoms with Crippen molar-refractivity contribution in [2.75, 3.05) is 13.6 Å². The molecule has 0 aromatic carbocycles. The number of nitrogens with zero attached hydrogens (tertiary/aromatic N) is 1. The summed E-state index contributed by atoms with van der Waals surface area (Å²) >= 11 is 0. The molecular weight excluding hydrogens is 356 g/mol. The fourth-order valence-electron chi connectivity index (χ4n) is 2.79. The van der Waals surface area contributed by atoms with Crippen molar-refractivity contribution in [1.29, 1.82) is 5.26 Å². The molecule has 0 saturated carbocycles. The van der Waals surface area contributed by atoms with Crippen LogP contribution in [0, 0.1) is 11.5 Å². The Hall–Kier alpha value is -0.750. The van der Waals surface area contributed by atoms with E-state index in [0.717, 1.165) is 6.26 Å². The Kier molecular flexibility index (Phi) is 56.3. The molecule has 0 aliphatic heterocycles. The molecule has 0 amide bonds. The predicted molar refractivity (Wildman–Crippen MR) is 133 cm³/mol. The minimum absolute atomic E-state index is 0.750. The maximum atomic E-state index is 6.88. The number of unbranched alkanes of at least 4 members (excludes halogenated alkanes) is 15. The Morgan fingerprint density at radius 1 is 0.517 bits per heavy atom. The first-order valence-corrected chi connectivity index (χ1v) is 12.8. The van der Waals surface area contributed by atoms with Gasteiger partial charge in [0, 0.05) is 0 Å². The van der Waals surface area contributed by atoms with Gasteiger partial charge in [0.2, 0.25) is 0 Å². The Balaban J connectivity index is -0.000000152. The Labute approximate surface area is 186 Å². The molecule has 178 valence electrons. The van der Waals surface area contributed by atoms with Gasteiger partial charge in [-0.2, -0.15) is 5.26 Å². The van der Waals surface area contributed by atoms with Gasteiger partial charge in [-0.25, -0.2) is 0 Å². The Morgan fingerprint density at radius 2 is 0.724 bits per heavy atom. The van der Waals surface area contributed by atoms with Crippen LogP contribution in [-0.4, -0.2) is 18.7 Å². The van der Waals surface area contributed by atoms with Crippen LogP contribution in [0.15, 0.2) is 0 Å². The maximum Gasteiger partial charge on any atom is 0.283 e. The predicted octanol–water partition coefficient (Wildman–Crippen LogP) is 9.14. The number of nitrogens with one attached hydrogen (secondary N) is 1. The maximum absolute atomic E-state index is 6.88. The largest absolute Gasteiger partial charge is 0.443 e. The van der Waals surface area contributed by atoms with Crippen molar-refractivity contribution in [2.45, 2.75) is 150 Å². The highest BCUT2D eigenvalue weighted by atomic mass is 16.2. The molecule has 0 radical (unpaired) electrons. The molecule has 0 spiro atoms. The average molecular weight is 415 g/mol. The lowest BCUT2D eigenvalue weighted by molar-refractivity contribution is 0.503. The third-order valence-corrected chi connectivity index (χ3v) is 4.69. The van der Waals surface area contributed by atoms with Gasteiger partial charge in [-0.05, 0) is 20.0 Å². The summed E-state index contributed by atoms with van der Waals surface area (Å²) in [6.45, 7) is 12.5. The minimum atomic E-state index is 0.750. The highest BCUT2D eigenvalue weighted by Gasteiger charge is 1.87. The van der Waals surface area contributed by atoms with Crippen molar-refractivity contribution in [1.82, 2.24) is 5.32 Å². The molecule has 0 aliphatic carbocycles. The van der Waals surface area contributed by atoms with E-state index in [9.17, 15) is 0 Å². The van der Waals surface area contributed by atoms with Crippen LogP contribution in [0.25, 0.3) is 0 Å². The van der Waals surface area contributed by atoms with E-state index in [1.165, 1.54) is 122 Å². The summed E-state index contributed by atoms with van der Waals surface area (Å²) in [5, 5.41) is 16.9. The van der Waals surface area contributed by atoms with E-state index >= 15 is 0 Å². The summed E-state index contributed by atoms with van der Waals surface area (Å²) in [6, 6.07) is 0. The second-order valence-electron chi connectivity index (χ2n) is 7.80. The smallest absolute Gasteiger partial charge is 0.283 e. The molecule has 0 rings (SSSR count). The van der Waals surface area contributed by atoms with Crippen molar-refractivity contribution < 1.29 is 5.11 Å². The third kappa shape index (κ3) is 65.8. The lowest BCUT2D eigenvalue weighted by Gasteiger charge is -1.98. The number of aliphatic hydroxyl groups is 1. The van der Waals surface area contributed by atoms with Gasteiger partial charge in [0.25, 0.3) is 6.26 Å². The molecule has 0 bridgehead atoms. The molecule has 0 heterocycles. The second-order valence-corrected chi connectivity index (χ2v) is 7.80. The second kappa shape index (κ2) is 45.8. The van der Waals surface area contributed by atoms with Gasteiger partial charge in [-0.15, -0.1) is 0 Å². The van der Waals surface area contributed by atoms with E-state index in [0.29, 0.717) is 0 Å². The van der Waals surface area contributed by atoms with Crippen molar-refractivity contribution in [3.05, 3.63) is 0 Å². The van der Waals surface area contributed by atoms with Gasteiger partial charge in [-0.1, -0.05) is 144 Å². The van der Waals surface area contributed by atoms with Crippen molar-refractivity contribution >= 4 is 0 Å². The molecule has 0 aromatic rings. The summed E-state index contributed by atoms with van der Waals surface area (Å²) in [4.78, 5) is 0. The van der Waals surface area contributed by atoms with Crippen LogP contribution in [0.3, 0.4) is 0 Å². The quantitative estimate of drug-likeness (QED) is 0.184. The molecule has 29 heavy (non-hydrogen) atoms.